The van der Waals surface area contributed by atoms with Gasteiger partial charge in [-0.15, -0.1) is 0 Å². The second kappa shape index (κ2) is 3.37. The van der Waals surface area contributed by atoms with Gasteiger partial charge in [0.25, 0.3) is 0 Å². The van der Waals surface area contributed by atoms with Crippen LogP contribution in [-0.2, 0) is 0 Å². The summed E-state index contributed by atoms with van der Waals surface area (Å²) in [4.78, 5) is 3.95. The Morgan fingerprint density at radius 1 is 1.75 bits per heavy atom. The summed E-state index contributed by atoms with van der Waals surface area (Å²) in [5.41, 5.74) is 0. The van der Waals surface area contributed by atoms with Crippen molar-refractivity contribution in [3.63, 3.8) is 0 Å². The largest absolute Gasteiger partial charge is 0.391 e. The van der Waals surface area contributed by atoms with E-state index in [1.54, 1.807) is 0 Å². The number of nitrogens with zero attached hydrogens (tertiary/aromatic N) is 2. The van der Waals surface area contributed by atoms with Crippen molar-refractivity contribution in [3.05, 3.63) is 6.33 Å². The highest BCUT2D eigenvalue weighted by Gasteiger charge is 2.29. The van der Waals surface area contributed by atoms with Crippen LogP contribution in [0.1, 0.15) is 12.8 Å². The second-order valence-corrected chi connectivity index (χ2v) is 3.81. The van der Waals surface area contributed by atoms with Gasteiger partial charge in [-0.2, -0.15) is 4.37 Å². The molecule has 1 aliphatic rings. The van der Waals surface area contributed by atoms with E-state index in [9.17, 15) is 5.11 Å². The molecule has 0 amide bonds. The number of hydrogen-bond acceptors (Lipinski definition) is 5. The van der Waals surface area contributed by atoms with E-state index >= 15 is 0 Å². The Morgan fingerprint density at radius 2 is 2.58 bits per heavy atom. The van der Waals surface area contributed by atoms with Gasteiger partial charge in [0.05, 0.1) is 6.10 Å². The summed E-state index contributed by atoms with van der Waals surface area (Å²) >= 11 is 1.31. The maximum Gasteiger partial charge on any atom is 0.202 e. The molecule has 0 saturated heterocycles. The predicted molar refractivity (Wildman–Crippen MR) is 47.1 cm³/mol. The highest BCUT2D eigenvalue weighted by molar-refractivity contribution is 7.09. The maximum atomic E-state index is 9.48. The van der Waals surface area contributed by atoms with E-state index in [4.69, 9.17) is 0 Å². The summed E-state index contributed by atoms with van der Waals surface area (Å²) in [6.07, 6.45) is 3.63. The molecule has 1 aromatic rings. The van der Waals surface area contributed by atoms with Crippen molar-refractivity contribution in [3.8, 4) is 0 Å². The molecule has 1 aliphatic carbocycles. The average Bonchev–Trinajstić information content (AvgIpc) is 2.80. The van der Waals surface area contributed by atoms with Gasteiger partial charge in [0.2, 0.25) is 5.13 Å². The maximum absolute atomic E-state index is 9.48. The van der Waals surface area contributed by atoms with Crippen molar-refractivity contribution in [2.24, 2.45) is 5.92 Å². The number of rotatable bonds is 4. The number of anilines is 1. The molecule has 0 radical (unpaired) electrons. The summed E-state index contributed by atoms with van der Waals surface area (Å²) in [5, 5.41) is 13.3. The standard InChI is InChI=1S/C7H11N3OS/c11-6(5-1-2-5)3-8-7-9-4-10-12-7/h4-6,11H,1-3H2,(H,8,9,10). The number of aliphatic hydroxyl groups excluding tert-OH is 1. The minimum absolute atomic E-state index is 0.214. The van der Waals surface area contributed by atoms with Crippen molar-refractivity contribution in [1.82, 2.24) is 9.36 Å². The Balaban J connectivity index is 1.74. The third-order valence-electron chi connectivity index (χ3n) is 1.99. The number of hydrogen-bond donors (Lipinski definition) is 2. The molecular weight excluding hydrogens is 174 g/mol. The van der Waals surface area contributed by atoms with Crippen molar-refractivity contribution in [1.29, 1.82) is 0 Å². The monoisotopic (exact) mass is 185 g/mol. The summed E-state index contributed by atoms with van der Waals surface area (Å²) in [5.74, 6) is 0.519. The molecule has 1 unspecified atom stereocenters. The SMILES string of the molecule is OC(CNc1ncns1)C1CC1. The Morgan fingerprint density at radius 3 is 3.17 bits per heavy atom. The normalized spacial score (nSPS) is 19.1. The first-order valence-electron chi connectivity index (χ1n) is 4.05. The molecule has 0 bridgehead atoms. The fourth-order valence-corrected chi connectivity index (χ4v) is 1.53. The average molecular weight is 185 g/mol. The van der Waals surface area contributed by atoms with Crippen LogP contribution in [-0.4, -0.2) is 27.1 Å². The lowest BCUT2D eigenvalue weighted by Gasteiger charge is -2.08. The zero-order chi connectivity index (χ0) is 8.39. The number of nitrogens with one attached hydrogen (secondary N) is 1. The van der Waals surface area contributed by atoms with E-state index < -0.39 is 0 Å². The summed E-state index contributed by atoms with van der Waals surface area (Å²) in [6, 6.07) is 0. The van der Waals surface area contributed by atoms with E-state index in [-0.39, 0.29) is 6.10 Å². The first-order valence-corrected chi connectivity index (χ1v) is 4.82. The van der Waals surface area contributed by atoms with Crippen LogP contribution < -0.4 is 5.32 Å². The molecule has 1 saturated carbocycles. The lowest BCUT2D eigenvalue weighted by atomic mass is 10.2. The smallest absolute Gasteiger partial charge is 0.202 e. The Labute approximate surface area is 74.8 Å². The van der Waals surface area contributed by atoms with Crippen LogP contribution in [0.3, 0.4) is 0 Å². The van der Waals surface area contributed by atoms with Gasteiger partial charge >= 0.3 is 0 Å². The van der Waals surface area contributed by atoms with Crippen molar-refractivity contribution in [2.75, 3.05) is 11.9 Å². The second-order valence-electron chi connectivity index (χ2n) is 3.03. The van der Waals surface area contributed by atoms with Crippen LogP contribution in [0.4, 0.5) is 5.13 Å². The van der Waals surface area contributed by atoms with Crippen LogP contribution in [0.5, 0.6) is 0 Å². The van der Waals surface area contributed by atoms with E-state index in [1.807, 2.05) is 0 Å². The van der Waals surface area contributed by atoms with Crippen LogP contribution in [0, 0.1) is 5.92 Å². The van der Waals surface area contributed by atoms with E-state index in [1.165, 1.54) is 30.7 Å². The van der Waals surface area contributed by atoms with Gasteiger partial charge in [-0.25, -0.2) is 4.98 Å². The number of aromatic nitrogens is 2. The minimum Gasteiger partial charge on any atom is -0.391 e. The van der Waals surface area contributed by atoms with Gasteiger partial charge in [-0.1, -0.05) is 0 Å². The summed E-state index contributed by atoms with van der Waals surface area (Å²) in [7, 11) is 0. The van der Waals surface area contributed by atoms with Gasteiger partial charge < -0.3 is 10.4 Å². The summed E-state index contributed by atoms with van der Waals surface area (Å²) in [6.45, 7) is 0.597. The van der Waals surface area contributed by atoms with Gasteiger partial charge in [0, 0.05) is 18.1 Å². The van der Waals surface area contributed by atoms with Gasteiger partial charge in [-0.05, 0) is 18.8 Å². The van der Waals surface area contributed by atoms with E-state index in [0.29, 0.717) is 12.5 Å². The fraction of sp³-hybridized carbons (Fsp3) is 0.714. The predicted octanol–water partition coefficient (Wildman–Crippen LogP) is 0.721. The van der Waals surface area contributed by atoms with Crippen molar-refractivity contribution in [2.45, 2.75) is 18.9 Å². The fourth-order valence-electron chi connectivity index (χ4n) is 1.09. The lowest BCUT2D eigenvalue weighted by molar-refractivity contribution is 0.164. The molecule has 5 heteroatoms. The lowest BCUT2D eigenvalue weighted by Crippen LogP contribution is -2.21. The topological polar surface area (TPSA) is 58.0 Å². The summed E-state index contributed by atoms with van der Waals surface area (Å²) < 4.78 is 3.85. The Hall–Kier alpha value is -0.680. The van der Waals surface area contributed by atoms with Crippen molar-refractivity contribution >= 4 is 16.7 Å². The number of aliphatic hydroxyl groups is 1. The van der Waals surface area contributed by atoms with E-state index in [2.05, 4.69) is 14.7 Å². The van der Waals surface area contributed by atoms with Gasteiger partial charge in [-0.3, -0.25) is 0 Å². The quantitative estimate of drug-likeness (QED) is 0.725. The molecule has 0 aromatic carbocycles. The Kier molecular flexibility index (Phi) is 2.23. The Bertz CT molecular complexity index is 235. The first-order chi connectivity index (χ1) is 5.86. The molecule has 1 heterocycles. The van der Waals surface area contributed by atoms with Crippen molar-refractivity contribution < 1.29 is 5.11 Å². The third-order valence-corrected chi connectivity index (χ3v) is 2.61. The molecule has 0 spiro atoms. The molecular formula is C7H11N3OS. The molecule has 1 aromatic heterocycles. The first kappa shape index (κ1) is 7.94. The van der Waals surface area contributed by atoms with Crippen LogP contribution in [0.25, 0.3) is 0 Å². The van der Waals surface area contributed by atoms with Crippen LogP contribution >= 0.6 is 11.5 Å². The van der Waals surface area contributed by atoms with E-state index in [0.717, 1.165) is 5.13 Å². The molecule has 2 N–H and O–H groups in total. The molecule has 2 rings (SSSR count). The van der Waals surface area contributed by atoms with Gasteiger partial charge in [0.1, 0.15) is 6.33 Å². The molecule has 1 atom stereocenters. The molecule has 12 heavy (non-hydrogen) atoms. The van der Waals surface area contributed by atoms with Crippen LogP contribution in [0.15, 0.2) is 6.33 Å². The third kappa shape index (κ3) is 1.92. The molecule has 0 aliphatic heterocycles. The highest BCUT2D eigenvalue weighted by Crippen LogP contribution is 2.32. The zero-order valence-electron chi connectivity index (χ0n) is 6.60. The molecule has 66 valence electrons. The molecule has 4 nitrogen and oxygen atoms in total. The highest BCUT2D eigenvalue weighted by atomic mass is 32.1. The molecule has 1 fully saturated rings. The van der Waals surface area contributed by atoms with Crippen LogP contribution in [0.2, 0.25) is 0 Å². The minimum atomic E-state index is -0.214. The zero-order valence-corrected chi connectivity index (χ0v) is 7.42. The van der Waals surface area contributed by atoms with Gasteiger partial charge in [0.15, 0.2) is 0 Å².